The van der Waals surface area contributed by atoms with Gasteiger partial charge in [-0.3, -0.25) is 19.1 Å². The summed E-state index contributed by atoms with van der Waals surface area (Å²) in [4.78, 5) is 39.4. The smallest absolute Gasteiger partial charge is 0.252 e. The Kier molecular flexibility index (Phi) is 8.99. The van der Waals surface area contributed by atoms with Gasteiger partial charge in [-0.15, -0.1) is 0 Å². The summed E-state index contributed by atoms with van der Waals surface area (Å²) in [5.41, 5.74) is 2.13. The molecule has 4 atom stereocenters. The zero-order chi connectivity index (χ0) is 23.1. The highest BCUT2D eigenvalue weighted by Crippen LogP contribution is 2.32. The molecule has 0 unspecified atom stereocenters. The number of carbonyl (C=O) groups excluding carboxylic acids is 3. The van der Waals surface area contributed by atoms with E-state index in [4.69, 9.17) is 4.74 Å². The van der Waals surface area contributed by atoms with Crippen molar-refractivity contribution in [2.45, 2.75) is 75.8 Å². The van der Waals surface area contributed by atoms with Crippen LogP contribution in [-0.2, 0) is 25.5 Å². The van der Waals surface area contributed by atoms with Gasteiger partial charge >= 0.3 is 0 Å². The number of aryl methyl sites for hydroxylation is 1. The molecule has 1 heterocycles. The fourth-order valence-electron chi connectivity index (χ4n) is 4.18. The summed E-state index contributed by atoms with van der Waals surface area (Å²) in [5.74, 6) is -0.934. The van der Waals surface area contributed by atoms with Gasteiger partial charge < -0.3 is 15.0 Å². The average Bonchev–Trinajstić information content (AvgIpc) is 3.63. The van der Waals surface area contributed by atoms with Crippen molar-refractivity contribution in [3.05, 3.63) is 35.4 Å². The molecule has 176 valence electrons. The maximum absolute atomic E-state index is 13.2. The molecule has 2 fully saturated rings. The van der Waals surface area contributed by atoms with Crippen LogP contribution in [0.1, 0.15) is 50.2 Å². The van der Waals surface area contributed by atoms with Gasteiger partial charge in [-0.1, -0.05) is 36.8 Å². The molecule has 7 nitrogen and oxygen atoms in total. The number of nitrogens with one attached hydrogen (secondary N) is 2. The van der Waals surface area contributed by atoms with Crippen LogP contribution in [0.5, 0.6) is 0 Å². The monoisotopic (exact) mass is 461 g/mol. The Bertz CT molecular complexity index is 784. The number of rotatable bonds is 11. The molecule has 0 bridgehead atoms. The molecule has 1 aliphatic heterocycles. The van der Waals surface area contributed by atoms with Crippen LogP contribution >= 0.6 is 11.9 Å². The van der Waals surface area contributed by atoms with E-state index in [-0.39, 0.29) is 17.9 Å². The number of carbonyl (C=O) groups is 3. The first kappa shape index (κ1) is 24.6. The number of piperidine rings is 1. The molecular weight excluding hydrogens is 426 g/mol. The van der Waals surface area contributed by atoms with E-state index in [0.29, 0.717) is 18.2 Å². The first-order chi connectivity index (χ1) is 15.4. The normalized spacial score (nSPS) is 21.3. The Labute approximate surface area is 195 Å². The summed E-state index contributed by atoms with van der Waals surface area (Å²) in [6, 6.07) is 7.17. The Hall–Kier alpha value is -2.06. The van der Waals surface area contributed by atoms with E-state index in [1.165, 1.54) is 11.9 Å². The van der Waals surface area contributed by atoms with Crippen LogP contribution in [0.4, 0.5) is 0 Å². The van der Waals surface area contributed by atoms with E-state index in [1.54, 1.807) is 18.9 Å². The van der Waals surface area contributed by atoms with E-state index in [9.17, 15) is 14.4 Å². The maximum atomic E-state index is 13.2. The number of likely N-dealkylation sites (tertiary alicyclic amines) is 1. The van der Waals surface area contributed by atoms with Crippen LogP contribution in [0.15, 0.2) is 24.3 Å². The van der Waals surface area contributed by atoms with Gasteiger partial charge in [0.2, 0.25) is 12.3 Å². The number of ether oxygens (including phenoxy) is 1. The number of nitrogens with zero attached hydrogens (tertiary/aromatic N) is 1. The van der Waals surface area contributed by atoms with E-state index in [0.717, 1.165) is 49.6 Å². The van der Waals surface area contributed by atoms with Crippen molar-refractivity contribution in [2.24, 2.45) is 5.92 Å². The van der Waals surface area contributed by atoms with Crippen LogP contribution in [0, 0.1) is 12.8 Å². The molecule has 1 aromatic rings. The number of hydrogen-bond donors (Lipinski definition) is 2. The second-order valence-corrected chi connectivity index (χ2v) is 10.0. The van der Waals surface area contributed by atoms with E-state index in [1.807, 2.05) is 31.2 Å². The Balaban J connectivity index is 1.69. The Morgan fingerprint density at radius 3 is 2.53 bits per heavy atom. The van der Waals surface area contributed by atoms with Gasteiger partial charge in [-0.25, -0.2) is 0 Å². The van der Waals surface area contributed by atoms with Crippen molar-refractivity contribution in [2.75, 3.05) is 13.7 Å². The van der Waals surface area contributed by atoms with Crippen molar-refractivity contribution < 1.29 is 19.1 Å². The standard InChI is InChI=1S/C24H35N3O4S/c1-16-7-9-18(10-8-16)14-20(24(30)26-32-19-11-12-19)25-23(29)17(2)22(31-3)21-6-4-5-13-27(21)15-28/h7-10,15,17,19-22H,4-6,11-14H2,1-3H3,(H,25,29)(H,26,30)/t17-,20+,21+,22-/m1/s1. The van der Waals surface area contributed by atoms with Crippen LogP contribution in [0.2, 0.25) is 0 Å². The predicted molar refractivity (Wildman–Crippen MR) is 126 cm³/mol. The highest BCUT2D eigenvalue weighted by Gasteiger charge is 2.37. The highest BCUT2D eigenvalue weighted by atomic mass is 32.2. The van der Waals surface area contributed by atoms with Crippen LogP contribution in [0.25, 0.3) is 0 Å². The summed E-state index contributed by atoms with van der Waals surface area (Å²) in [5, 5.41) is 3.44. The Morgan fingerprint density at radius 2 is 1.91 bits per heavy atom. The van der Waals surface area contributed by atoms with Crippen molar-refractivity contribution in [1.82, 2.24) is 14.9 Å². The molecule has 1 aromatic carbocycles. The summed E-state index contributed by atoms with van der Waals surface area (Å²) in [7, 11) is 1.58. The highest BCUT2D eigenvalue weighted by molar-refractivity contribution is 7.98. The molecule has 2 N–H and O–H groups in total. The van der Waals surface area contributed by atoms with Gasteiger partial charge in [0.1, 0.15) is 6.04 Å². The van der Waals surface area contributed by atoms with Crippen molar-refractivity contribution in [1.29, 1.82) is 0 Å². The van der Waals surface area contributed by atoms with Gasteiger partial charge in [0.25, 0.3) is 5.91 Å². The van der Waals surface area contributed by atoms with Crippen molar-refractivity contribution in [3.8, 4) is 0 Å². The molecule has 3 amide bonds. The fraction of sp³-hybridized carbons (Fsp3) is 0.625. The first-order valence-corrected chi connectivity index (χ1v) is 12.4. The molecule has 0 radical (unpaired) electrons. The van der Waals surface area contributed by atoms with Gasteiger partial charge in [0, 0.05) is 25.3 Å². The maximum Gasteiger partial charge on any atom is 0.252 e. The molecule has 32 heavy (non-hydrogen) atoms. The van der Waals surface area contributed by atoms with E-state index in [2.05, 4.69) is 10.0 Å². The number of benzene rings is 1. The minimum absolute atomic E-state index is 0.137. The van der Waals surface area contributed by atoms with Crippen molar-refractivity contribution >= 4 is 30.2 Å². The molecule has 8 heteroatoms. The molecule has 0 aromatic heterocycles. The molecule has 2 aliphatic rings. The molecule has 1 saturated heterocycles. The molecule has 3 rings (SSSR count). The SMILES string of the molecule is CO[C@H]([C@@H](C)C(=O)N[C@@H](Cc1ccc(C)cc1)C(=O)NSC1CC1)[C@@H]1CCCCN1C=O. The van der Waals surface area contributed by atoms with Crippen LogP contribution in [0.3, 0.4) is 0 Å². The third kappa shape index (κ3) is 6.72. The summed E-state index contributed by atoms with van der Waals surface area (Å²) < 4.78 is 8.62. The van der Waals surface area contributed by atoms with Gasteiger partial charge in [-0.2, -0.15) is 0 Å². The first-order valence-electron chi connectivity index (χ1n) is 11.5. The zero-order valence-electron chi connectivity index (χ0n) is 19.2. The molecule has 1 aliphatic carbocycles. The zero-order valence-corrected chi connectivity index (χ0v) is 20.0. The van der Waals surface area contributed by atoms with E-state index >= 15 is 0 Å². The average molecular weight is 462 g/mol. The number of methoxy groups -OCH3 is 1. The van der Waals surface area contributed by atoms with Crippen molar-refractivity contribution in [3.63, 3.8) is 0 Å². The Morgan fingerprint density at radius 1 is 1.19 bits per heavy atom. The topological polar surface area (TPSA) is 87.7 Å². The minimum atomic E-state index is -0.676. The van der Waals surface area contributed by atoms with Gasteiger partial charge in [0.05, 0.1) is 18.1 Å². The molecular formula is C24H35N3O4S. The minimum Gasteiger partial charge on any atom is -0.378 e. The van der Waals surface area contributed by atoms with Crippen LogP contribution < -0.4 is 10.0 Å². The predicted octanol–water partition coefficient (Wildman–Crippen LogP) is 2.61. The van der Waals surface area contributed by atoms with E-state index < -0.39 is 18.1 Å². The third-order valence-electron chi connectivity index (χ3n) is 6.33. The second kappa shape index (κ2) is 11.7. The quantitative estimate of drug-likeness (QED) is 0.391. The second-order valence-electron chi connectivity index (χ2n) is 8.93. The summed E-state index contributed by atoms with van der Waals surface area (Å²) >= 11 is 1.44. The fourth-order valence-corrected chi connectivity index (χ4v) is 4.97. The van der Waals surface area contributed by atoms with Crippen LogP contribution in [-0.4, -0.2) is 60.2 Å². The van der Waals surface area contributed by atoms with Gasteiger partial charge in [0.15, 0.2) is 0 Å². The largest absolute Gasteiger partial charge is 0.378 e. The summed E-state index contributed by atoms with van der Waals surface area (Å²) in [6.45, 7) is 4.50. The lowest BCUT2D eigenvalue weighted by Crippen LogP contribution is -2.54. The molecule has 0 spiro atoms. The van der Waals surface area contributed by atoms with Gasteiger partial charge in [-0.05, 0) is 56.5 Å². The lowest BCUT2D eigenvalue weighted by molar-refractivity contribution is -0.138. The number of amides is 3. The third-order valence-corrected chi connectivity index (χ3v) is 7.45. The summed E-state index contributed by atoms with van der Waals surface area (Å²) in [6.07, 6.45) is 5.83. The number of hydrogen-bond acceptors (Lipinski definition) is 5. The lowest BCUT2D eigenvalue weighted by atomic mass is 9.89. The lowest BCUT2D eigenvalue weighted by Gasteiger charge is -2.39. The molecule has 1 saturated carbocycles.